The molecule has 3 rings (SSSR count). The molecule has 3 nitrogen and oxygen atoms in total. The van der Waals surface area contributed by atoms with Gasteiger partial charge in [-0.2, -0.15) is 0 Å². The zero-order valence-corrected chi connectivity index (χ0v) is 14.7. The first kappa shape index (κ1) is 16.6. The number of imidazole rings is 1. The molecular weight excluding hydrogens is 320 g/mol. The first-order valence-corrected chi connectivity index (χ1v) is 8.45. The molecule has 0 aliphatic heterocycles. The fourth-order valence-electron chi connectivity index (χ4n) is 2.66. The van der Waals surface area contributed by atoms with Crippen LogP contribution in [0.1, 0.15) is 29.2 Å². The number of halogens is 1. The van der Waals surface area contributed by atoms with Crippen molar-refractivity contribution < 1.29 is 4.74 Å². The van der Waals surface area contributed by atoms with Gasteiger partial charge in [0.05, 0.1) is 6.33 Å². The summed E-state index contributed by atoms with van der Waals surface area (Å²) < 4.78 is 8.40. The van der Waals surface area contributed by atoms with Crippen molar-refractivity contribution in [1.29, 1.82) is 0 Å². The van der Waals surface area contributed by atoms with Gasteiger partial charge in [0, 0.05) is 30.4 Å². The molecular formula is C20H21ClN2O. The van der Waals surface area contributed by atoms with Gasteiger partial charge in [0.1, 0.15) is 11.9 Å². The van der Waals surface area contributed by atoms with E-state index in [4.69, 9.17) is 16.3 Å². The van der Waals surface area contributed by atoms with Crippen LogP contribution >= 0.6 is 11.6 Å². The average Bonchev–Trinajstić information content (AvgIpc) is 3.08. The largest absolute Gasteiger partial charge is 0.485 e. The molecule has 0 saturated carbocycles. The van der Waals surface area contributed by atoms with Crippen molar-refractivity contribution in [3.63, 3.8) is 0 Å². The summed E-state index contributed by atoms with van der Waals surface area (Å²) in [7, 11) is 0. The maximum Gasteiger partial charge on any atom is 0.125 e. The van der Waals surface area contributed by atoms with E-state index in [0.717, 1.165) is 29.3 Å². The highest BCUT2D eigenvalue weighted by atomic mass is 35.5. The predicted molar refractivity (Wildman–Crippen MR) is 97.6 cm³/mol. The number of benzene rings is 2. The molecule has 0 N–H and O–H groups in total. The lowest BCUT2D eigenvalue weighted by Crippen LogP contribution is -2.11. The minimum absolute atomic E-state index is 0.0205. The van der Waals surface area contributed by atoms with Crippen molar-refractivity contribution in [2.45, 2.75) is 32.9 Å². The van der Waals surface area contributed by atoms with Gasteiger partial charge in [-0.15, -0.1) is 0 Å². The second-order valence-electron chi connectivity index (χ2n) is 6.02. The standard InChI is InChI=1S/C20H21ClN2O/c1-15-3-5-17(6-4-15)20(9-11-23-12-10-22-14-23)24-19-8-7-18(21)13-16(19)2/h3-8,10,12-14,20H,9,11H2,1-2H3/t20-/m1/s1. The quantitative estimate of drug-likeness (QED) is 0.603. The second-order valence-corrected chi connectivity index (χ2v) is 6.45. The number of nitrogens with zero attached hydrogens (tertiary/aromatic N) is 2. The van der Waals surface area contributed by atoms with Gasteiger partial charge < -0.3 is 9.30 Å². The van der Waals surface area contributed by atoms with Gasteiger partial charge in [0.25, 0.3) is 0 Å². The van der Waals surface area contributed by atoms with Crippen molar-refractivity contribution in [2.75, 3.05) is 0 Å². The summed E-state index contributed by atoms with van der Waals surface area (Å²) in [5.41, 5.74) is 3.46. The lowest BCUT2D eigenvalue weighted by atomic mass is 10.0. The van der Waals surface area contributed by atoms with E-state index >= 15 is 0 Å². The van der Waals surface area contributed by atoms with E-state index in [9.17, 15) is 0 Å². The van der Waals surface area contributed by atoms with E-state index in [2.05, 4.69) is 40.7 Å². The second kappa shape index (κ2) is 7.54. The third-order valence-electron chi connectivity index (χ3n) is 4.06. The Kier molecular flexibility index (Phi) is 5.21. The predicted octanol–water partition coefficient (Wildman–Crippen LogP) is 5.36. The molecule has 0 unspecified atom stereocenters. The number of ether oxygens (including phenoxy) is 1. The van der Waals surface area contributed by atoms with Crippen LogP contribution in [0.5, 0.6) is 5.75 Å². The Bertz CT molecular complexity index is 782. The molecule has 0 bridgehead atoms. The molecule has 3 aromatic rings. The van der Waals surface area contributed by atoms with Crippen LogP contribution in [-0.4, -0.2) is 9.55 Å². The summed E-state index contributed by atoms with van der Waals surface area (Å²) in [6.07, 6.45) is 6.44. The summed E-state index contributed by atoms with van der Waals surface area (Å²) in [6.45, 7) is 4.96. The van der Waals surface area contributed by atoms with Gasteiger partial charge >= 0.3 is 0 Å². The van der Waals surface area contributed by atoms with Gasteiger partial charge in [-0.05, 0) is 43.2 Å². The SMILES string of the molecule is Cc1ccc([C@@H](CCn2ccnc2)Oc2ccc(Cl)cc2C)cc1. The van der Waals surface area contributed by atoms with Crippen LogP contribution in [0.2, 0.25) is 5.02 Å². The molecule has 24 heavy (non-hydrogen) atoms. The molecule has 1 aromatic heterocycles. The lowest BCUT2D eigenvalue weighted by Gasteiger charge is -2.21. The summed E-state index contributed by atoms with van der Waals surface area (Å²) >= 11 is 6.05. The van der Waals surface area contributed by atoms with Crippen LogP contribution < -0.4 is 4.74 Å². The molecule has 2 aromatic carbocycles. The summed E-state index contributed by atoms with van der Waals surface area (Å²) in [4.78, 5) is 4.10. The lowest BCUT2D eigenvalue weighted by molar-refractivity contribution is 0.186. The number of rotatable bonds is 6. The highest BCUT2D eigenvalue weighted by Gasteiger charge is 2.15. The van der Waals surface area contributed by atoms with E-state index in [0.29, 0.717) is 0 Å². The Labute approximate surface area is 147 Å². The molecule has 0 saturated heterocycles. The Morgan fingerprint density at radius 1 is 1.12 bits per heavy atom. The van der Waals surface area contributed by atoms with Gasteiger partial charge in [-0.3, -0.25) is 0 Å². The maximum atomic E-state index is 6.33. The number of aryl methyl sites for hydroxylation is 3. The normalized spacial score (nSPS) is 12.1. The van der Waals surface area contributed by atoms with Gasteiger partial charge in [0.2, 0.25) is 0 Å². The molecule has 1 atom stereocenters. The topological polar surface area (TPSA) is 27.1 Å². The molecule has 0 amide bonds. The Morgan fingerprint density at radius 3 is 2.58 bits per heavy atom. The van der Waals surface area contributed by atoms with Crippen molar-refractivity contribution in [2.24, 2.45) is 0 Å². The third-order valence-corrected chi connectivity index (χ3v) is 4.30. The zero-order valence-electron chi connectivity index (χ0n) is 13.9. The van der Waals surface area contributed by atoms with E-state index in [1.54, 1.807) is 6.20 Å². The first-order chi connectivity index (χ1) is 11.6. The highest BCUT2D eigenvalue weighted by Crippen LogP contribution is 2.29. The summed E-state index contributed by atoms with van der Waals surface area (Å²) in [5, 5.41) is 0.727. The van der Waals surface area contributed by atoms with E-state index < -0.39 is 0 Å². The molecule has 124 valence electrons. The molecule has 0 aliphatic rings. The summed E-state index contributed by atoms with van der Waals surface area (Å²) in [5.74, 6) is 0.871. The number of aromatic nitrogens is 2. The van der Waals surface area contributed by atoms with Crippen LogP contribution in [0.3, 0.4) is 0 Å². The Hall–Kier alpha value is -2.26. The van der Waals surface area contributed by atoms with Crippen molar-refractivity contribution in [3.8, 4) is 5.75 Å². The number of hydrogen-bond donors (Lipinski definition) is 0. The van der Waals surface area contributed by atoms with Crippen LogP contribution in [0.4, 0.5) is 0 Å². The maximum absolute atomic E-state index is 6.33. The molecule has 1 heterocycles. The minimum Gasteiger partial charge on any atom is -0.485 e. The van der Waals surface area contributed by atoms with E-state index in [1.165, 1.54) is 11.1 Å². The third kappa shape index (κ3) is 4.18. The molecule has 0 aliphatic carbocycles. The van der Waals surface area contributed by atoms with Crippen molar-refractivity contribution in [1.82, 2.24) is 9.55 Å². The molecule has 0 fully saturated rings. The minimum atomic E-state index is -0.0205. The molecule has 0 radical (unpaired) electrons. The summed E-state index contributed by atoms with van der Waals surface area (Å²) in [6, 6.07) is 14.3. The average molecular weight is 341 g/mol. The van der Waals surface area contributed by atoms with Crippen molar-refractivity contribution >= 4 is 11.6 Å². The fourth-order valence-corrected chi connectivity index (χ4v) is 2.89. The van der Waals surface area contributed by atoms with Crippen molar-refractivity contribution in [3.05, 3.63) is 82.9 Å². The molecule has 0 spiro atoms. The Morgan fingerprint density at radius 2 is 1.92 bits per heavy atom. The first-order valence-electron chi connectivity index (χ1n) is 8.07. The fraction of sp³-hybridized carbons (Fsp3) is 0.250. The van der Waals surface area contributed by atoms with Crippen LogP contribution in [0.15, 0.2) is 61.2 Å². The van der Waals surface area contributed by atoms with E-state index in [1.807, 2.05) is 37.6 Å². The van der Waals surface area contributed by atoms with Gasteiger partial charge in [-0.1, -0.05) is 41.4 Å². The smallest absolute Gasteiger partial charge is 0.125 e. The number of hydrogen-bond acceptors (Lipinski definition) is 2. The highest BCUT2D eigenvalue weighted by molar-refractivity contribution is 6.30. The van der Waals surface area contributed by atoms with E-state index in [-0.39, 0.29) is 6.10 Å². The van der Waals surface area contributed by atoms with Crippen LogP contribution in [0.25, 0.3) is 0 Å². The molecule has 4 heteroatoms. The van der Waals surface area contributed by atoms with Gasteiger partial charge in [-0.25, -0.2) is 4.98 Å². The van der Waals surface area contributed by atoms with Gasteiger partial charge in [0.15, 0.2) is 0 Å². The zero-order chi connectivity index (χ0) is 16.9. The Balaban J connectivity index is 1.81. The van der Waals surface area contributed by atoms with Crippen LogP contribution in [0, 0.1) is 13.8 Å². The monoisotopic (exact) mass is 340 g/mol. The van der Waals surface area contributed by atoms with Crippen LogP contribution in [-0.2, 0) is 6.54 Å².